The van der Waals surface area contributed by atoms with E-state index in [0.717, 1.165) is 11.3 Å². The third-order valence-corrected chi connectivity index (χ3v) is 5.58. The van der Waals surface area contributed by atoms with Gasteiger partial charge in [-0.3, -0.25) is 9.52 Å². The summed E-state index contributed by atoms with van der Waals surface area (Å²) in [6.07, 6.45) is -0.0108. The number of carbonyl (C=O) groups excluding carboxylic acids is 1. The van der Waals surface area contributed by atoms with Crippen LogP contribution in [0, 0.1) is 0 Å². The summed E-state index contributed by atoms with van der Waals surface area (Å²) in [5.74, 6) is -0.415. The third-order valence-electron chi connectivity index (χ3n) is 2.96. The molecule has 2 rings (SSSR count). The van der Waals surface area contributed by atoms with Crippen LogP contribution in [0.1, 0.15) is 18.2 Å². The van der Waals surface area contributed by atoms with E-state index in [1.54, 1.807) is 18.4 Å². The summed E-state index contributed by atoms with van der Waals surface area (Å²) >= 11 is 7.07. The molecule has 0 atom stereocenters. The quantitative estimate of drug-likeness (QED) is 0.702. The molecule has 0 aliphatic rings. The lowest BCUT2D eigenvalue weighted by Gasteiger charge is -2.07. The van der Waals surface area contributed by atoms with Crippen LogP contribution in [0.15, 0.2) is 28.5 Å². The molecule has 0 saturated heterocycles. The first-order chi connectivity index (χ1) is 11.4. The van der Waals surface area contributed by atoms with Gasteiger partial charge in [-0.25, -0.2) is 13.4 Å². The Morgan fingerprint density at radius 3 is 2.83 bits per heavy atom. The number of anilines is 1. The van der Waals surface area contributed by atoms with E-state index in [-0.39, 0.29) is 34.6 Å². The van der Waals surface area contributed by atoms with Crippen molar-refractivity contribution in [1.29, 1.82) is 0 Å². The molecule has 0 saturated carbocycles. The molecule has 2 aromatic rings. The second kappa shape index (κ2) is 7.93. The second-order valence-corrected chi connectivity index (χ2v) is 7.64. The van der Waals surface area contributed by atoms with E-state index < -0.39 is 16.0 Å². The number of aromatic nitrogens is 1. The summed E-state index contributed by atoms with van der Waals surface area (Å²) in [6, 6.07) is 4.31. The molecule has 0 aliphatic carbocycles. The zero-order valence-electron chi connectivity index (χ0n) is 12.8. The first-order valence-electron chi connectivity index (χ1n) is 6.97. The Kier molecular flexibility index (Phi) is 6.16. The summed E-state index contributed by atoms with van der Waals surface area (Å²) in [4.78, 5) is 15.5. The van der Waals surface area contributed by atoms with Crippen LogP contribution < -0.4 is 10.5 Å². The Balaban J connectivity index is 2.13. The summed E-state index contributed by atoms with van der Waals surface area (Å²) in [6.45, 7) is 2.21. The van der Waals surface area contributed by atoms with E-state index in [9.17, 15) is 13.2 Å². The van der Waals surface area contributed by atoms with Crippen molar-refractivity contribution in [2.45, 2.75) is 24.8 Å². The normalized spacial score (nSPS) is 11.3. The van der Waals surface area contributed by atoms with E-state index in [1.807, 2.05) is 0 Å². The van der Waals surface area contributed by atoms with Crippen molar-refractivity contribution in [2.24, 2.45) is 5.73 Å². The van der Waals surface area contributed by atoms with Gasteiger partial charge in [0.1, 0.15) is 0 Å². The zero-order chi connectivity index (χ0) is 17.7. The molecule has 3 N–H and O–H groups in total. The highest BCUT2D eigenvalue weighted by atomic mass is 35.5. The lowest BCUT2D eigenvalue weighted by atomic mass is 10.2. The van der Waals surface area contributed by atoms with Crippen molar-refractivity contribution in [3.63, 3.8) is 0 Å². The number of thiazole rings is 1. The molecular weight excluding hydrogens is 374 g/mol. The van der Waals surface area contributed by atoms with Gasteiger partial charge in [-0.15, -0.1) is 11.3 Å². The van der Waals surface area contributed by atoms with Gasteiger partial charge < -0.3 is 10.5 Å². The molecule has 0 bridgehead atoms. The smallest absolute Gasteiger partial charge is 0.311 e. The largest absolute Gasteiger partial charge is 0.466 e. The van der Waals surface area contributed by atoms with Crippen LogP contribution in [0.25, 0.3) is 0 Å². The highest BCUT2D eigenvalue weighted by Crippen LogP contribution is 2.24. The summed E-state index contributed by atoms with van der Waals surface area (Å²) < 4.78 is 31.9. The molecule has 0 radical (unpaired) electrons. The SMILES string of the molecule is CCOC(=O)Cc1csc(NS(=O)(=O)c2ccc(CN)c(Cl)c2)n1. The van der Waals surface area contributed by atoms with Crippen LogP contribution in [0.3, 0.4) is 0 Å². The lowest BCUT2D eigenvalue weighted by Crippen LogP contribution is -2.13. The Morgan fingerprint density at radius 2 is 2.21 bits per heavy atom. The number of nitrogens with zero attached hydrogens (tertiary/aromatic N) is 1. The highest BCUT2D eigenvalue weighted by Gasteiger charge is 2.18. The molecule has 0 spiro atoms. The first kappa shape index (κ1) is 18.7. The van der Waals surface area contributed by atoms with Crippen molar-refractivity contribution in [3.8, 4) is 0 Å². The number of sulfonamides is 1. The van der Waals surface area contributed by atoms with Crippen LogP contribution in [0.5, 0.6) is 0 Å². The molecule has 130 valence electrons. The minimum absolute atomic E-state index is 0.00634. The molecule has 1 aromatic carbocycles. The summed E-state index contributed by atoms with van der Waals surface area (Å²) in [7, 11) is -3.83. The van der Waals surface area contributed by atoms with Gasteiger partial charge in [0, 0.05) is 16.9 Å². The highest BCUT2D eigenvalue weighted by molar-refractivity contribution is 7.93. The number of esters is 1. The molecular formula is C14H16ClN3O4S2. The number of benzene rings is 1. The number of nitrogens with one attached hydrogen (secondary N) is 1. The third kappa shape index (κ3) is 4.67. The zero-order valence-corrected chi connectivity index (χ0v) is 15.2. The van der Waals surface area contributed by atoms with Gasteiger partial charge >= 0.3 is 5.97 Å². The average molecular weight is 390 g/mol. The molecule has 7 nitrogen and oxygen atoms in total. The van der Waals surface area contributed by atoms with Gasteiger partial charge in [-0.1, -0.05) is 17.7 Å². The van der Waals surface area contributed by atoms with E-state index in [0.29, 0.717) is 11.3 Å². The predicted molar refractivity (Wildman–Crippen MR) is 92.6 cm³/mol. The van der Waals surface area contributed by atoms with Gasteiger partial charge in [0.15, 0.2) is 5.13 Å². The fourth-order valence-corrected chi connectivity index (χ4v) is 4.14. The number of ether oxygens (including phenoxy) is 1. The van der Waals surface area contributed by atoms with Crippen molar-refractivity contribution < 1.29 is 17.9 Å². The van der Waals surface area contributed by atoms with Crippen molar-refractivity contribution in [3.05, 3.63) is 39.9 Å². The maximum Gasteiger partial charge on any atom is 0.311 e. The van der Waals surface area contributed by atoms with Crippen LogP contribution >= 0.6 is 22.9 Å². The number of hydrogen-bond donors (Lipinski definition) is 2. The minimum Gasteiger partial charge on any atom is -0.466 e. The Labute approximate surface area is 148 Å². The van der Waals surface area contributed by atoms with Crippen molar-refractivity contribution >= 4 is 44.1 Å². The number of hydrogen-bond acceptors (Lipinski definition) is 7. The van der Waals surface area contributed by atoms with Gasteiger partial charge in [0.2, 0.25) is 0 Å². The molecule has 1 heterocycles. The fourth-order valence-electron chi connectivity index (χ4n) is 1.83. The van der Waals surface area contributed by atoms with Crippen LogP contribution in [-0.2, 0) is 32.5 Å². The maximum absolute atomic E-state index is 12.4. The van der Waals surface area contributed by atoms with Crippen molar-refractivity contribution in [1.82, 2.24) is 4.98 Å². The Bertz CT molecular complexity index is 836. The van der Waals surface area contributed by atoms with E-state index in [2.05, 4.69) is 9.71 Å². The van der Waals surface area contributed by atoms with Crippen LogP contribution in [0.2, 0.25) is 5.02 Å². The second-order valence-electron chi connectivity index (χ2n) is 4.69. The number of nitrogens with two attached hydrogens (primary N) is 1. The molecule has 0 amide bonds. The van der Waals surface area contributed by atoms with E-state index >= 15 is 0 Å². The fraction of sp³-hybridized carbons (Fsp3) is 0.286. The number of halogens is 1. The van der Waals surface area contributed by atoms with Gasteiger partial charge in [-0.2, -0.15) is 0 Å². The topological polar surface area (TPSA) is 111 Å². The number of carbonyl (C=O) groups is 1. The van der Waals surface area contributed by atoms with Crippen molar-refractivity contribution in [2.75, 3.05) is 11.3 Å². The number of rotatable bonds is 7. The minimum atomic E-state index is -3.83. The summed E-state index contributed by atoms with van der Waals surface area (Å²) in [5, 5.41) is 2.04. The van der Waals surface area contributed by atoms with E-state index in [4.69, 9.17) is 22.1 Å². The Morgan fingerprint density at radius 1 is 1.46 bits per heavy atom. The maximum atomic E-state index is 12.4. The monoisotopic (exact) mass is 389 g/mol. The van der Waals surface area contributed by atoms with Gasteiger partial charge in [-0.05, 0) is 24.6 Å². The van der Waals surface area contributed by atoms with Crippen LogP contribution in [-0.4, -0.2) is 26.0 Å². The molecule has 0 fully saturated rings. The molecule has 10 heteroatoms. The molecule has 0 aliphatic heterocycles. The van der Waals surface area contributed by atoms with Gasteiger partial charge in [0.25, 0.3) is 10.0 Å². The lowest BCUT2D eigenvalue weighted by molar-refractivity contribution is -0.142. The predicted octanol–water partition coefficient (Wildman–Crippen LogP) is 2.16. The van der Waals surface area contributed by atoms with E-state index in [1.165, 1.54) is 12.1 Å². The Hall–Kier alpha value is -1.68. The van der Waals surface area contributed by atoms with Gasteiger partial charge in [0.05, 0.1) is 23.6 Å². The first-order valence-corrected chi connectivity index (χ1v) is 9.71. The molecule has 1 aromatic heterocycles. The summed E-state index contributed by atoms with van der Waals surface area (Å²) in [5.41, 5.74) is 6.59. The average Bonchev–Trinajstić information content (AvgIpc) is 2.93. The molecule has 0 unspecified atom stereocenters. The standard InChI is InChI=1S/C14H16ClN3O4S2/c1-2-22-13(19)5-10-8-23-14(17-10)18-24(20,21)11-4-3-9(7-16)12(15)6-11/h3-4,6,8H,2,5,7,16H2,1H3,(H,17,18). The van der Waals surface area contributed by atoms with Crippen LogP contribution in [0.4, 0.5) is 5.13 Å². The molecule has 24 heavy (non-hydrogen) atoms.